The number of imide groups is 1. The number of aryl methyl sites for hydroxylation is 1. The minimum absolute atomic E-state index is 0.152. The Labute approximate surface area is 266 Å². The number of rotatable bonds is 10. The number of nitrogens with zero attached hydrogens (tertiary/aromatic N) is 5. The van der Waals surface area contributed by atoms with Gasteiger partial charge in [0.1, 0.15) is 17.1 Å². The maximum absolute atomic E-state index is 13.3. The summed E-state index contributed by atoms with van der Waals surface area (Å²) in [6.45, 7) is 3.70. The minimum atomic E-state index is -3.74. The van der Waals surface area contributed by atoms with E-state index in [9.17, 15) is 22.8 Å². The summed E-state index contributed by atoms with van der Waals surface area (Å²) in [5, 5.41) is 0.460. The molecule has 13 heteroatoms. The first kappa shape index (κ1) is 30.3. The lowest BCUT2D eigenvalue weighted by molar-refractivity contribution is 0.0663. The van der Waals surface area contributed by atoms with Crippen LogP contribution in [0.3, 0.4) is 0 Å². The number of piperazine rings is 1. The Kier molecular flexibility index (Phi) is 7.78. The van der Waals surface area contributed by atoms with Gasteiger partial charge in [-0.15, -0.1) is 0 Å². The third kappa shape index (κ3) is 5.63. The predicted octanol–water partition coefficient (Wildman–Crippen LogP) is 3.11. The summed E-state index contributed by atoms with van der Waals surface area (Å²) < 4.78 is 42.0. The third-order valence-electron chi connectivity index (χ3n) is 9.08. The van der Waals surface area contributed by atoms with Crippen molar-refractivity contribution in [1.29, 1.82) is 0 Å². The average molecular weight is 646 g/mol. The number of aromatic nitrogens is 2. The second-order valence-corrected chi connectivity index (χ2v) is 14.4. The van der Waals surface area contributed by atoms with Crippen LogP contribution in [-0.2, 0) is 23.6 Å². The van der Waals surface area contributed by atoms with Crippen LogP contribution in [0.25, 0.3) is 22.1 Å². The highest BCUT2D eigenvalue weighted by Crippen LogP contribution is 2.37. The SMILES string of the molecule is CC1CN(S(=O)(=O)CCN2C(=O)c3ccccc3C2=O)CCN1Cc1cc2c(=O)n(C)cc(-c3ccncc3OCC3CC3)c2o1. The van der Waals surface area contributed by atoms with Gasteiger partial charge in [-0.05, 0) is 49.9 Å². The molecule has 0 bridgehead atoms. The highest BCUT2D eigenvalue weighted by molar-refractivity contribution is 7.89. The van der Waals surface area contributed by atoms with Gasteiger partial charge in [-0.25, -0.2) is 8.42 Å². The molecule has 1 atom stereocenters. The van der Waals surface area contributed by atoms with Crippen molar-refractivity contribution in [3.05, 3.63) is 82.2 Å². The molecule has 4 aromatic rings. The molecule has 3 aromatic heterocycles. The molecule has 7 rings (SSSR count). The molecular formula is C33H35N5O7S. The molecule has 240 valence electrons. The summed E-state index contributed by atoms with van der Waals surface area (Å²) in [5.74, 6) is 0.524. The quantitative estimate of drug-likeness (QED) is 0.239. The first-order chi connectivity index (χ1) is 22.1. The van der Waals surface area contributed by atoms with Crippen LogP contribution in [0.2, 0.25) is 0 Å². The smallest absolute Gasteiger partial charge is 0.261 e. The zero-order valence-corrected chi connectivity index (χ0v) is 26.5. The molecule has 0 N–H and O–H groups in total. The number of carbonyl (C=O) groups excluding carboxylic acids is 2. The van der Waals surface area contributed by atoms with Crippen molar-refractivity contribution in [1.82, 2.24) is 23.7 Å². The Morgan fingerprint density at radius 1 is 1.00 bits per heavy atom. The molecule has 1 aliphatic carbocycles. The van der Waals surface area contributed by atoms with E-state index in [1.807, 2.05) is 13.0 Å². The normalized spacial score (nSPS) is 19.3. The van der Waals surface area contributed by atoms with Gasteiger partial charge >= 0.3 is 0 Å². The minimum Gasteiger partial charge on any atom is -0.491 e. The van der Waals surface area contributed by atoms with Crippen molar-refractivity contribution in [2.24, 2.45) is 13.0 Å². The summed E-state index contributed by atoms with van der Waals surface area (Å²) >= 11 is 0. The number of fused-ring (bicyclic) bond motifs is 2. The van der Waals surface area contributed by atoms with E-state index < -0.39 is 21.8 Å². The van der Waals surface area contributed by atoms with Crippen LogP contribution in [0.5, 0.6) is 5.75 Å². The number of ether oxygens (including phenoxy) is 1. The van der Waals surface area contributed by atoms with Crippen molar-refractivity contribution < 1.29 is 27.2 Å². The Morgan fingerprint density at radius 3 is 2.43 bits per heavy atom. The lowest BCUT2D eigenvalue weighted by Crippen LogP contribution is -2.54. The third-order valence-corrected chi connectivity index (χ3v) is 10.9. The van der Waals surface area contributed by atoms with E-state index in [-0.39, 0.29) is 37.0 Å². The molecule has 5 heterocycles. The fourth-order valence-electron chi connectivity index (χ4n) is 6.21. The van der Waals surface area contributed by atoms with Gasteiger partial charge in [-0.1, -0.05) is 12.1 Å². The van der Waals surface area contributed by atoms with Crippen molar-refractivity contribution in [3.8, 4) is 16.9 Å². The fraction of sp³-hybridized carbons (Fsp3) is 0.394. The highest BCUT2D eigenvalue weighted by Gasteiger charge is 2.37. The maximum Gasteiger partial charge on any atom is 0.261 e. The van der Waals surface area contributed by atoms with E-state index in [1.165, 1.54) is 8.87 Å². The molecule has 2 amide bonds. The molecule has 0 spiro atoms. The summed E-state index contributed by atoms with van der Waals surface area (Å²) in [4.78, 5) is 45.9. The fourth-order valence-corrected chi connectivity index (χ4v) is 7.68. The predicted molar refractivity (Wildman–Crippen MR) is 170 cm³/mol. The first-order valence-corrected chi connectivity index (χ1v) is 17.1. The van der Waals surface area contributed by atoms with Gasteiger partial charge < -0.3 is 13.7 Å². The summed E-state index contributed by atoms with van der Waals surface area (Å²) in [6, 6.07) is 9.99. The largest absolute Gasteiger partial charge is 0.491 e. The van der Waals surface area contributed by atoms with Crippen LogP contribution >= 0.6 is 0 Å². The molecule has 1 saturated heterocycles. The van der Waals surface area contributed by atoms with Gasteiger partial charge in [0.25, 0.3) is 17.4 Å². The number of pyridine rings is 2. The topological polar surface area (TPSA) is 135 Å². The number of hydrogen-bond acceptors (Lipinski definition) is 9. The second-order valence-electron chi connectivity index (χ2n) is 12.3. The molecular weight excluding hydrogens is 610 g/mol. The van der Waals surface area contributed by atoms with Crippen LogP contribution in [0.4, 0.5) is 0 Å². The van der Waals surface area contributed by atoms with Gasteiger partial charge in [0.05, 0.1) is 41.6 Å². The van der Waals surface area contributed by atoms with Crippen molar-refractivity contribution in [3.63, 3.8) is 0 Å². The lowest BCUT2D eigenvalue weighted by Gasteiger charge is -2.38. The van der Waals surface area contributed by atoms with Crippen molar-refractivity contribution in [2.75, 3.05) is 38.5 Å². The molecule has 12 nitrogen and oxygen atoms in total. The van der Waals surface area contributed by atoms with Crippen molar-refractivity contribution >= 4 is 32.8 Å². The van der Waals surface area contributed by atoms with Gasteiger partial charge in [-0.2, -0.15) is 4.31 Å². The first-order valence-electron chi connectivity index (χ1n) is 15.5. The van der Waals surface area contributed by atoms with Gasteiger partial charge in [0.15, 0.2) is 0 Å². The van der Waals surface area contributed by atoms with Gasteiger partial charge in [0, 0.05) is 62.8 Å². The number of hydrogen-bond donors (Lipinski definition) is 0. The highest BCUT2D eigenvalue weighted by atomic mass is 32.2. The van der Waals surface area contributed by atoms with Crippen LogP contribution in [0, 0.1) is 5.92 Å². The summed E-state index contributed by atoms with van der Waals surface area (Å²) in [7, 11) is -2.03. The van der Waals surface area contributed by atoms with E-state index >= 15 is 0 Å². The van der Waals surface area contributed by atoms with Crippen LogP contribution in [-0.4, -0.2) is 88.5 Å². The van der Waals surface area contributed by atoms with E-state index in [0.717, 1.165) is 28.9 Å². The second kappa shape index (κ2) is 11.8. The van der Waals surface area contributed by atoms with Gasteiger partial charge in [-0.3, -0.25) is 29.2 Å². The van der Waals surface area contributed by atoms with Crippen LogP contribution < -0.4 is 10.3 Å². The maximum atomic E-state index is 13.3. The molecule has 1 saturated carbocycles. The zero-order valence-electron chi connectivity index (χ0n) is 25.7. The van der Waals surface area contributed by atoms with E-state index in [4.69, 9.17) is 9.15 Å². The number of carbonyl (C=O) groups is 2. The van der Waals surface area contributed by atoms with E-state index in [0.29, 0.717) is 59.2 Å². The Hall–Kier alpha value is -4.33. The summed E-state index contributed by atoms with van der Waals surface area (Å²) in [6.07, 6.45) is 7.46. The van der Waals surface area contributed by atoms with E-state index in [2.05, 4.69) is 9.88 Å². The Bertz CT molecular complexity index is 1980. The Morgan fingerprint density at radius 2 is 1.74 bits per heavy atom. The van der Waals surface area contributed by atoms with Crippen molar-refractivity contribution in [2.45, 2.75) is 32.4 Å². The molecule has 1 unspecified atom stereocenters. The monoisotopic (exact) mass is 645 g/mol. The Balaban J connectivity index is 1.04. The molecule has 0 radical (unpaired) electrons. The number of furan rings is 1. The molecule has 3 aliphatic rings. The lowest BCUT2D eigenvalue weighted by atomic mass is 10.1. The van der Waals surface area contributed by atoms with Gasteiger partial charge in [0.2, 0.25) is 10.0 Å². The number of benzene rings is 1. The molecule has 2 aliphatic heterocycles. The van der Waals surface area contributed by atoms with E-state index in [1.54, 1.807) is 56.0 Å². The molecule has 1 aromatic carbocycles. The average Bonchev–Trinajstić information content (AvgIpc) is 3.73. The number of amides is 2. The van der Waals surface area contributed by atoms with Crippen LogP contribution in [0.15, 0.2) is 64.2 Å². The number of sulfonamides is 1. The molecule has 2 fully saturated rings. The van der Waals surface area contributed by atoms with Crippen LogP contribution in [0.1, 0.15) is 46.2 Å². The molecule has 46 heavy (non-hydrogen) atoms. The standard InChI is InChI=1S/C33H35N5O7S/c1-21-17-37(46(42,43)14-13-38-32(40)25-5-3-4-6-26(25)33(38)41)12-11-36(21)18-23-15-27-30(45-23)28(19-35(2)31(27)39)24-9-10-34-16-29(24)44-20-22-7-8-22/h3-6,9-10,15-16,19,21-22H,7-8,11-14,17-18,20H2,1-2H3. The summed E-state index contributed by atoms with van der Waals surface area (Å²) in [5.41, 5.74) is 2.42. The zero-order chi connectivity index (χ0) is 32.2.